The molecule has 1 aliphatic heterocycles. The van der Waals surface area contributed by atoms with Crippen LogP contribution in [0.3, 0.4) is 0 Å². The molecule has 2 amide bonds. The van der Waals surface area contributed by atoms with Gasteiger partial charge in [-0.25, -0.2) is 0 Å². The Balaban J connectivity index is 1.09. The molecule has 0 radical (unpaired) electrons. The average Bonchev–Trinajstić information content (AvgIpc) is 3.44. The summed E-state index contributed by atoms with van der Waals surface area (Å²) in [4.78, 5) is 29.7. The van der Waals surface area contributed by atoms with Gasteiger partial charge in [0.2, 0.25) is 11.8 Å². The van der Waals surface area contributed by atoms with Gasteiger partial charge in [0.1, 0.15) is 0 Å². The summed E-state index contributed by atoms with van der Waals surface area (Å²) < 4.78 is 2.12. The van der Waals surface area contributed by atoms with E-state index >= 15 is 0 Å². The summed E-state index contributed by atoms with van der Waals surface area (Å²) >= 11 is 1.68. The van der Waals surface area contributed by atoms with E-state index in [2.05, 4.69) is 70.2 Å². The number of nitrogens with zero attached hydrogens (tertiary/aromatic N) is 5. The molecule has 42 heavy (non-hydrogen) atoms. The van der Waals surface area contributed by atoms with Crippen molar-refractivity contribution in [3.05, 3.63) is 96.1 Å². The highest BCUT2D eigenvalue weighted by Gasteiger charge is 2.29. The third kappa shape index (κ3) is 7.48. The van der Waals surface area contributed by atoms with Gasteiger partial charge in [0.25, 0.3) is 0 Å². The van der Waals surface area contributed by atoms with Crippen LogP contribution in [-0.2, 0) is 16.0 Å². The summed E-state index contributed by atoms with van der Waals surface area (Å²) in [6.07, 6.45) is 3.50. The number of carbonyl (C=O) groups is 2. The van der Waals surface area contributed by atoms with Gasteiger partial charge in [0.05, 0.1) is 0 Å². The van der Waals surface area contributed by atoms with E-state index in [4.69, 9.17) is 0 Å². The van der Waals surface area contributed by atoms with Crippen molar-refractivity contribution < 1.29 is 9.59 Å². The van der Waals surface area contributed by atoms with Crippen LogP contribution in [0.1, 0.15) is 43.7 Å². The molecule has 1 aliphatic rings. The Morgan fingerprint density at radius 3 is 2.26 bits per heavy atom. The summed E-state index contributed by atoms with van der Waals surface area (Å²) in [6, 6.07) is 28.7. The van der Waals surface area contributed by atoms with Gasteiger partial charge in [-0.3, -0.25) is 14.2 Å². The van der Waals surface area contributed by atoms with Gasteiger partial charge in [-0.15, -0.1) is 10.2 Å². The first-order chi connectivity index (χ1) is 20.5. The van der Waals surface area contributed by atoms with Crippen molar-refractivity contribution in [1.29, 1.82) is 0 Å². The molecular weight excluding hydrogens is 542 g/mol. The number of amides is 2. The number of thioether (sulfide) groups is 1. The molecule has 218 valence electrons. The molecule has 0 N–H and O–H groups in total. The van der Waals surface area contributed by atoms with E-state index in [1.807, 2.05) is 53.1 Å². The number of hydrogen-bond donors (Lipinski definition) is 0. The second-order valence-corrected chi connectivity index (χ2v) is 12.0. The molecule has 4 aromatic rings. The Morgan fingerprint density at radius 1 is 0.833 bits per heavy atom. The summed E-state index contributed by atoms with van der Waals surface area (Å²) in [5.74, 6) is 2.03. The minimum Gasteiger partial charge on any atom is -0.339 e. The zero-order valence-corrected chi connectivity index (χ0v) is 25.3. The summed E-state index contributed by atoms with van der Waals surface area (Å²) in [5, 5.41) is 9.91. The smallest absolute Gasteiger partial charge is 0.223 e. The van der Waals surface area contributed by atoms with E-state index in [0.717, 1.165) is 47.2 Å². The van der Waals surface area contributed by atoms with Gasteiger partial charge in [-0.05, 0) is 50.8 Å². The van der Waals surface area contributed by atoms with Crippen LogP contribution in [0.15, 0.2) is 90.1 Å². The zero-order valence-electron chi connectivity index (χ0n) is 24.5. The van der Waals surface area contributed by atoms with Crippen LogP contribution in [0.25, 0.3) is 17.1 Å². The van der Waals surface area contributed by atoms with E-state index in [-0.39, 0.29) is 17.9 Å². The first-order valence-corrected chi connectivity index (χ1v) is 15.8. The topological polar surface area (TPSA) is 71.3 Å². The van der Waals surface area contributed by atoms with Gasteiger partial charge in [0, 0.05) is 55.5 Å². The highest BCUT2D eigenvalue weighted by atomic mass is 32.2. The van der Waals surface area contributed by atoms with E-state index in [1.165, 1.54) is 11.1 Å². The van der Waals surface area contributed by atoms with Gasteiger partial charge in [-0.1, -0.05) is 90.1 Å². The van der Waals surface area contributed by atoms with Gasteiger partial charge in [0.15, 0.2) is 11.0 Å². The van der Waals surface area contributed by atoms with Crippen molar-refractivity contribution in [1.82, 2.24) is 24.6 Å². The second-order valence-electron chi connectivity index (χ2n) is 10.9. The molecule has 5 rings (SSSR count). The zero-order chi connectivity index (χ0) is 29.3. The van der Waals surface area contributed by atoms with Gasteiger partial charge in [-0.2, -0.15) is 0 Å². The maximum atomic E-state index is 13.0. The number of rotatable bonds is 11. The Hall–Kier alpha value is -3.91. The van der Waals surface area contributed by atoms with Crippen LogP contribution in [0.2, 0.25) is 0 Å². The average molecular weight is 582 g/mol. The lowest BCUT2D eigenvalue weighted by molar-refractivity contribution is -0.142. The van der Waals surface area contributed by atoms with Crippen LogP contribution in [0.5, 0.6) is 0 Å². The van der Waals surface area contributed by atoms with E-state index < -0.39 is 0 Å². The molecule has 1 fully saturated rings. The molecule has 0 saturated carbocycles. The Morgan fingerprint density at radius 2 is 1.55 bits per heavy atom. The fourth-order valence-corrected chi connectivity index (χ4v) is 6.31. The van der Waals surface area contributed by atoms with Crippen LogP contribution in [0, 0.1) is 6.92 Å². The van der Waals surface area contributed by atoms with Crippen molar-refractivity contribution in [2.45, 2.75) is 57.1 Å². The van der Waals surface area contributed by atoms with E-state index in [0.29, 0.717) is 32.5 Å². The number of aromatic nitrogens is 3. The third-order valence-electron chi connectivity index (χ3n) is 7.74. The summed E-state index contributed by atoms with van der Waals surface area (Å²) in [7, 11) is 0. The highest BCUT2D eigenvalue weighted by molar-refractivity contribution is 7.99. The molecule has 1 unspecified atom stereocenters. The van der Waals surface area contributed by atoms with Crippen LogP contribution < -0.4 is 0 Å². The number of aryl methyl sites for hydroxylation is 2. The van der Waals surface area contributed by atoms with Crippen molar-refractivity contribution in [2.75, 3.05) is 25.4 Å². The number of unbranched alkanes of at least 4 members (excludes halogenated alkanes) is 1. The van der Waals surface area contributed by atoms with Gasteiger partial charge < -0.3 is 9.80 Å². The SMILES string of the molecule is Cc1ccc(-n2c(SCCCCC(=O)N3CCN(C(=O)CCc4ccccc4)C(C)C3)nnc2-c2ccccc2)cc1. The largest absolute Gasteiger partial charge is 0.339 e. The highest BCUT2D eigenvalue weighted by Crippen LogP contribution is 2.29. The van der Waals surface area contributed by atoms with E-state index in [9.17, 15) is 9.59 Å². The Bertz CT molecular complexity index is 1460. The van der Waals surface area contributed by atoms with Crippen LogP contribution in [-0.4, -0.2) is 67.8 Å². The predicted octanol–water partition coefficient (Wildman–Crippen LogP) is 6.20. The third-order valence-corrected chi connectivity index (χ3v) is 8.76. The van der Waals surface area contributed by atoms with Crippen molar-refractivity contribution in [2.24, 2.45) is 0 Å². The van der Waals surface area contributed by atoms with Crippen molar-refractivity contribution >= 4 is 23.6 Å². The van der Waals surface area contributed by atoms with E-state index in [1.54, 1.807) is 11.8 Å². The number of benzene rings is 3. The fraction of sp³-hybridized carbons (Fsp3) is 0.353. The normalized spacial score (nSPS) is 15.1. The molecule has 7 nitrogen and oxygen atoms in total. The predicted molar refractivity (Wildman–Crippen MR) is 169 cm³/mol. The molecule has 0 aliphatic carbocycles. The molecule has 1 saturated heterocycles. The maximum Gasteiger partial charge on any atom is 0.223 e. The number of hydrogen-bond acceptors (Lipinski definition) is 5. The molecular formula is C34H39N5O2S. The molecule has 1 atom stereocenters. The quantitative estimate of drug-likeness (QED) is 0.156. The van der Waals surface area contributed by atoms with Crippen molar-refractivity contribution in [3.63, 3.8) is 0 Å². The second kappa shape index (κ2) is 14.3. The van der Waals surface area contributed by atoms with Crippen LogP contribution >= 0.6 is 11.8 Å². The lowest BCUT2D eigenvalue weighted by atomic mass is 10.1. The minimum absolute atomic E-state index is 0.0356. The summed E-state index contributed by atoms with van der Waals surface area (Å²) in [6.45, 7) is 5.95. The molecule has 1 aromatic heterocycles. The standard InChI is InChI=1S/C34H39N5O2S/c1-26-16-19-30(20-17-26)39-33(29-13-7-4-8-14-29)35-36-34(39)42-24-10-9-15-31(40)37-22-23-38(27(2)25-37)32(41)21-18-28-11-5-3-6-12-28/h3-8,11-14,16-17,19-20,27H,9-10,15,18,21-25H2,1-2H3. The molecule has 0 bridgehead atoms. The fourth-order valence-electron chi connectivity index (χ4n) is 5.36. The minimum atomic E-state index is 0.0356. The van der Waals surface area contributed by atoms with Crippen LogP contribution in [0.4, 0.5) is 0 Å². The van der Waals surface area contributed by atoms with Crippen molar-refractivity contribution in [3.8, 4) is 17.1 Å². The molecule has 0 spiro atoms. The number of carbonyl (C=O) groups excluding carboxylic acids is 2. The summed E-state index contributed by atoms with van der Waals surface area (Å²) in [5.41, 5.74) is 4.44. The molecule has 2 heterocycles. The first-order valence-electron chi connectivity index (χ1n) is 14.8. The van der Waals surface area contributed by atoms with Gasteiger partial charge >= 0.3 is 0 Å². The first kappa shape index (κ1) is 29.6. The Labute approximate surface area is 252 Å². The monoisotopic (exact) mass is 581 g/mol. The lowest BCUT2D eigenvalue weighted by Crippen LogP contribution is -2.55. The molecule has 3 aromatic carbocycles. The number of piperazine rings is 1. The Kier molecular flexibility index (Phi) is 10.1. The molecule has 8 heteroatoms. The maximum absolute atomic E-state index is 13.0. The lowest BCUT2D eigenvalue weighted by Gasteiger charge is -2.40.